The second-order valence-electron chi connectivity index (χ2n) is 2.20. The number of pyridine rings is 1. The molecule has 0 unspecified atom stereocenters. The zero-order chi connectivity index (χ0) is 9.84. The van der Waals surface area contributed by atoms with E-state index >= 15 is 0 Å². The van der Waals surface area contributed by atoms with Crippen LogP contribution in [0.15, 0.2) is 18.3 Å². The molecule has 1 rings (SSSR count). The number of nitrogens with two attached hydrogens (primary N) is 1. The molecule has 0 saturated carbocycles. The van der Waals surface area contributed by atoms with E-state index < -0.39 is 6.03 Å². The van der Waals surface area contributed by atoms with Gasteiger partial charge in [0, 0.05) is 12.3 Å². The topological polar surface area (TPSA) is 68.4 Å². The molecule has 1 aromatic heterocycles. The van der Waals surface area contributed by atoms with Gasteiger partial charge in [-0.05, 0) is 6.07 Å². The molecule has 0 saturated heterocycles. The van der Waals surface area contributed by atoms with Crippen LogP contribution in [0.5, 0.6) is 5.75 Å². The highest BCUT2D eigenvalue weighted by Crippen LogP contribution is 2.18. The van der Waals surface area contributed by atoms with Crippen LogP contribution in [0.4, 0.5) is 10.6 Å². The number of carbonyl (C=O) groups is 1. The molecule has 0 spiro atoms. The summed E-state index contributed by atoms with van der Waals surface area (Å²) in [6.07, 6.45) is 1.50. The number of hydrogen-bond donors (Lipinski definition) is 2. The fourth-order valence-electron chi connectivity index (χ4n) is 0.755. The van der Waals surface area contributed by atoms with Gasteiger partial charge in [0.25, 0.3) is 0 Å². The summed E-state index contributed by atoms with van der Waals surface area (Å²) in [4.78, 5) is 14.6. The highest BCUT2D eigenvalue weighted by molar-refractivity contribution is 7.82. The number of carbonyl (C=O) groups excluding carboxylic acids is 1. The number of primary amides is 1. The summed E-state index contributed by atoms with van der Waals surface area (Å²) in [5, 5.41) is 0. The van der Waals surface area contributed by atoms with Crippen LogP contribution in [0, 0.1) is 0 Å². The Bertz CT molecular complexity index is 318. The molecule has 1 aromatic rings. The molecule has 0 aliphatic rings. The number of anilines is 1. The number of hydrogen-bond acceptors (Lipinski definition) is 4. The van der Waals surface area contributed by atoms with Crippen molar-refractivity contribution in [3.8, 4) is 5.75 Å². The maximum absolute atomic E-state index is 10.7. The Morgan fingerprint density at radius 3 is 3.00 bits per heavy atom. The maximum Gasteiger partial charge on any atom is 0.330 e. The van der Waals surface area contributed by atoms with Crippen molar-refractivity contribution in [2.45, 2.75) is 0 Å². The second-order valence-corrected chi connectivity index (χ2v) is 2.60. The smallest absolute Gasteiger partial charge is 0.330 e. The lowest BCUT2D eigenvalue weighted by Gasteiger charge is -2.11. The zero-order valence-corrected chi connectivity index (χ0v) is 7.86. The number of aromatic nitrogens is 1. The van der Waals surface area contributed by atoms with Crippen molar-refractivity contribution in [1.82, 2.24) is 4.98 Å². The van der Waals surface area contributed by atoms with Crippen molar-refractivity contribution >= 4 is 24.7 Å². The molecule has 0 aliphatic heterocycles. The van der Waals surface area contributed by atoms with Crippen molar-refractivity contribution in [3.05, 3.63) is 18.3 Å². The molecule has 70 valence electrons. The van der Waals surface area contributed by atoms with Gasteiger partial charge < -0.3 is 10.5 Å². The van der Waals surface area contributed by atoms with E-state index in [0.717, 1.165) is 4.31 Å². The SMILES string of the molecule is COc1ccnc(N(S)C(N)=O)c1. The van der Waals surface area contributed by atoms with E-state index in [4.69, 9.17) is 10.5 Å². The number of urea groups is 1. The van der Waals surface area contributed by atoms with E-state index in [1.165, 1.54) is 13.3 Å². The van der Waals surface area contributed by atoms with Crippen LogP contribution in [-0.2, 0) is 0 Å². The van der Waals surface area contributed by atoms with Gasteiger partial charge in [-0.15, -0.1) is 0 Å². The van der Waals surface area contributed by atoms with Gasteiger partial charge >= 0.3 is 6.03 Å². The van der Waals surface area contributed by atoms with E-state index in [0.29, 0.717) is 11.6 Å². The number of thiol groups is 1. The van der Waals surface area contributed by atoms with Crippen molar-refractivity contribution in [2.75, 3.05) is 11.4 Å². The molecule has 0 fully saturated rings. The summed E-state index contributed by atoms with van der Waals surface area (Å²) in [6.45, 7) is 0. The van der Waals surface area contributed by atoms with Crippen molar-refractivity contribution in [3.63, 3.8) is 0 Å². The predicted octanol–water partition coefficient (Wildman–Crippen LogP) is 0.820. The lowest BCUT2D eigenvalue weighted by molar-refractivity contribution is 0.257. The Morgan fingerprint density at radius 1 is 1.77 bits per heavy atom. The van der Waals surface area contributed by atoms with Gasteiger partial charge in [0.15, 0.2) is 5.82 Å². The Kier molecular flexibility index (Phi) is 2.97. The quantitative estimate of drug-likeness (QED) is 0.693. The number of ether oxygens (including phenoxy) is 1. The molecular weight excluding hydrogens is 190 g/mol. The second kappa shape index (κ2) is 3.99. The average Bonchev–Trinajstić information content (AvgIpc) is 2.16. The number of nitrogens with zero attached hydrogens (tertiary/aromatic N) is 2. The standard InChI is InChI=1S/C7H9N3O2S/c1-12-5-2-3-9-6(4-5)10(13)7(8)11/h2-4,13H,1H3,(H2,8,11). The molecule has 2 N–H and O–H groups in total. The normalized spacial score (nSPS) is 9.38. The first-order valence-corrected chi connectivity index (χ1v) is 3.83. The minimum absolute atomic E-state index is 0.329. The van der Waals surface area contributed by atoms with Gasteiger partial charge in [-0.3, -0.25) is 0 Å². The van der Waals surface area contributed by atoms with Crippen LogP contribution in [-0.4, -0.2) is 18.1 Å². The minimum Gasteiger partial charge on any atom is -0.497 e. The van der Waals surface area contributed by atoms with E-state index in [1.807, 2.05) is 0 Å². The first-order valence-electron chi connectivity index (χ1n) is 3.43. The van der Waals surface area contributed by atoms with Crippen molar-refractivity contribution < 1.29 is 9.53 Å². The molecule has 13 heavy (non-hydrogen) atoms. The van der Waals surface area contributed by atoms with Gasteiger partial charge in [-0.1, -0.05) is 12.8 Å². The first-order chi connectivity index (χ1) is 6.15. The molecular formula is C7H9N3O2S. The van der Waals surface area contributed by atoms with Crippen LogP contribution < -0.4 is 14.8 Å². The maximum atomic E-state index is 10.7. The van der Waals surface area contributed by atoms with Crippen molar-refractivity contribution in [2.24, 2.45) is 5.73 Å². The number of rotatable bonds is 2. The number of amides is 2. The Morgan fingerprint density at radius 2 is 2.46 bits per heavy atom. The van der Waals surface area contributed by atoms with Gasteiger partial charge in [0.1, 0.15) is 5.75 Å². The Labute approximate surface area is 81.0 Å². The van der Waals surface area contributed by atoms with Crippen LogP contribution in [0.25, 0.3) is 0 Å². The summed E-state index contributed by atoms with van der Waals surface area (Å²) < 4.78 is 5.87. The Balaban J connectivity index is 2.94. The molecule has 0 radical (unpaired) electrons. The highest BCUT2D eigenvalue weighted by atomic mass is 32.1. The van der Waals surface area contributed by atoms with E-state index in [1.54, 1.807) is 12.1 Å². The summed E-state index contributed by atoms with van der Waals surface area (Å²) in [5.41, 5.74) is 4.99. The van der Waals surface area contributed by atoms with Gasteiger partial charge in [0.05, 0.1) is 7.11 Å². The lowest BCUT2D eigenvalue weighted by atomic mass is 10.4. The molecule has 0 aromatic carbocycles. The van der Waals surface area contributed by atoms with Gasteiger partial charge in [-0.25, -0.2) is 14.1 Å². The fraction of sp³-hybridized carbons (Fsp3) is 0.143. The largest absolute Gasteiger partial charge is 0.497 e. The van der Waals surface area contributed by atoms with Gasteiger partial charge in [0.2, 0.25) is 0 Å². The zero-order valence-electron chi connectivity index (χ0n) is 6.97. The van der Waals surface area contributed by atoms with Gasteiger partial charge in [-0.2, -0.15) is 0 Å². The van der Waals surface area contributed by atoms with Crippen LogP contribution in [0.3, 0.4) is 0 Å². The first kappa shape index (κ1) is 9.66. The van der Waals surface area contributed by atoms with Crippen LogP contribution >= 0.6 is 12.8 Å². The molecule has 6 heteroatoms. The average molecular weight is 199 g/mol. The van der Waals surface area contributed by atoms with Crippen LogP contribution in [0.1, 0.15) is 0 Å². The molecule has 0 bridgehead atoms. The van der Waals surface area contributed by atoms with Crippen molar-refractivity contribution in [1.29, 1.82) is 0 Å². The predicted molar refractivity (Wildman–Crippen MR) is 51.8 cm³/mol. The molecule has 0 aliphatic carbocycles. The third kappa shape index (κ3) is 2.25. The van der Waals surface area contributed by atoms with E-state index in [2.05, 4.69) is 17.8 Å². The molecule has 1 heterocycles. The third-order valence-electron chi connectivity index (χ3n) is 1.38. The fourth-order valence-corrected chi connectivity index (χ4v) is 0.865. The third-order valence-corrected chi connectivity index (χ3v) is 1.78. The number of methoxy groups -OCH3 is 1. The summed E-state index contributed by atoms with van der Waals surface area (Å²) >= 11 is 3.84. The van der Waals surface area contributed by atoms with E-state index in [9.17, 15) is 4.79 Å². The minimum atomic E-state index is -0.691. The monoisotopic (exact) mass is 199 g/mol. The summed E-state index contributed by atoms with van der Waals surface area (Å²) in [7, 11) is 1.52. The highest BCUT2D eigenvalue weighted by Gasteiger charge is 2.09. The van der Waals surface area contributed by atoms with Crippen LogP contribution in [0.2, 0.25) is 0 Å². The molecule has 2 amide bonds. The van der Waals surface area contributed by atoms with E-state index in [-0.39, 0.29) is 0 Å². The summed E-state index contributed by atoms with van der Waals surface area (Å²) in [6, 6.07) is 2.52. The lowest BCUT2D eigenvalue weighted by Crippen LogP contribution is -2.27. The molecule has 0 atom stereocenters. The molecule has 5 nitrogen and oxygen atoms in total. The Hall–Kier alpha value is -1.43. The summed E-state index contributed by atoms with van der Waals surface area (Å²) in [5.74, 6) is 0.917.